The zero-order chi connectivity index (χ0) is 19.5. The average Bonchev–Trinajstić information content (AvgIpc) is 2.91. The number of carbonyl (C=O) groups is 1. The lowest BCUT2D eigenvalue weighted by molar-refractivity contribution is -0.384. The van der Waals surface area contributed by atoms with E-state index in [1.54, 1.807) is 32.9 Å². The van der Waals surface area contributed by atoms with Crippen molar-refractivity contribution >= 4 is 21.8 Å². The van der Waals surface area contributed by atoms with Crippen molar-refractivity contribution in [2.45, 2.75) is 49.8 Å². The van der Waals surface area contributed by atoms with Crippen LogP contribution in [0.2, 0.25) is 0 Å². The van der Waals surface area contributed by atoms with Gasteiger partial charge in [0.2, 0.25) is 10.0 Å². The number of non-ortho nitro benzene ring substituents is 1. The van der Waals surface area contributed by atoms with Crippen LogP contribution in [0.25, 0.3) is 0 Å². The van der Waals surface area contributed by atoms with Gasteiger partial charge < -0.3 is 10.1 Å². The van der Waals surface area contributed by atoms with Gasteiger partial charge in [0, 0.05) is 18.2 Å². The Morgan fingerprint density at radius 2 is 1.77 bits per heavy atom. The number of hydrogen-bond acceptors (Lipinski definition) is 6. The molecular weight excluding hydrogens is 362 g/mol. The fraction of sp³-hybridized carbons (Fsp3) is 0.438. The van der Waals surface area contributed by atoms with E-state index < -0.39 is 32.7 Å². The minimum Gasteiger partial charge on any atom is -0.444 e. The van der Waals surface area contributed by atoms with E-state index in [1.807, 2.05) is 0 Å². The standard InChI is InChI=1S/C16H21N3O6S/c1-16(2,3)25-15(20)17-11-4-5-12(10-11)18-26(23,24)14-8-6-13(7-9-14)19(21)22/h4-9,11-12,18H,10H2,1-3H3,(H,17,20)/t11-,12+/m0/s1. The van der Waals surface area contributed by atoms with Gasteiger partial charge in [0.25, 0.3) is 5.69 Å². The van der Waals surface area contributed by atoms with Gasteiger partial charge in [-0.3, -0.25) is 10.1 Å². The normalized spacial score (nSPS) is 20.0. The number of nitro groups is 1. The highest BCUT2D eigenvalue weighted by Crippen LogP contribution is 2.19. The third-order valence-electron chi connectivity index (χ3n) is 3.45. The maximum atomic E-state index is 12.4. The van der Waals surface area contributed by atoms with Gasteiger partial charge in [-0.25, -0.2) is 17.9 Å². The van der Waals surface area contributed by atoms with E-state index in [0.29, 0.717) is 6.42 Å². The molecule has 2 atom stereocenters. The second-order valence-electron chi connectivity index (χ2n) is 6.85. The van der Waals surface area contributed by atoms with E-state index in [4.69, 9.17) is 4.74 Å². The number of ether oxygens (including phenoxy) is 1. The molecule has 0 fully saturated rings. The molecule has 0 spiro atoms. The van der Waals surface area contributed by atoms with E-state index in [0.717, 1.165) is 12.1 Å². The van der Waals surface area contributed by atoms with Gasteiger partial charge in [-0.15, -0.1) is 0 Å². The van der Waals surface area contributed by atoms with Crippen LogP contribution in [0.1, 0.15) is 27.2 Å². The van der Waals surface area contributed by atoms with Crippen molar-refractivity contribution in [2.24, 2.45) is 0 Å². The molecule has 0 unspecified atom stereocenters. The summed E-state index contributed by atoms with van der Waals surface area (Å²) < 4.78 is 32.4. The van der Waals surface area contributed by atoms with Gasteiger partial charge in [0.1, 0.15) is 5.60 Å². The maximum absolute atomic E-state index is 12.4. The van der Waals surface area contributed by atoms with Crippen molar-refractivity contribution in [3.63, 3.8) is 0 Å². The number of nitrogens with one attached hydrogen (secondary N) is 2. The first-order valence-corrected chi connectivity index (χ1v) is 9.39. The molecule has 0 heterocycles. The van der Waals surface area contributed by atoms with Crippen LogP contribution in [-0.4, -0.2) is 37.1 Å². The van der Waals surface area contributed by atoms with Crippen LogP contribution < -0.4 is 10.0 Å². The lowest BCUT2D eigenvalue weighted by Crippen LogP contribution is -2.40. The minimum atomic E-state index is -3.83. The molecule has 0 saturated carbocycles. The Labute approximate surface area is 151 Å². The molecule has 0 aliphatic heterocycles. The Bertz CT molecular complexity index is 811. The second-order valence-corrected chi connectivity index (χ2v) is 8.57. The monoisotopic (exact) mass is 383 g/mol. The van der Waals surface area contributed by atoms with Gasteiger partial charge in [-0.1, -0.05) is 12.2 Å². The van der Waals surface area contributed by atoms with Gasteiger partial charge in [0.15, 0.2) is 0 Å². The summed E-state index contributed by atoms with van der Waals surface area (Å²) in [6, 6.07) is 3.76. The van der Waals surface area contributed by atoms with E-state index in [9.17, 15) is 23.3 Å². The number of amides is 1. The SMILES string of the molecule is CC(C)(C)OC(=O)N[C@H]1C=C[C@@H](NS(=O)(=O)c2ccc([N+](=O)[O-])cc2)C1. The molecule has 0 aromatic heterocycles. The summed E-state index contributed by atoms with van der Waals surface area (Å²) in [5, 5.41) is 13.3. The minimum absolute atomic E-state index is 0.0694. The molecule has 2 N–H and O–H groups in total. The molecular formula is C16H21N3O6S. The van der Waals surface area contributed by atoms with E-state index in [-0.39, 0.29) is 16.6 Å². The Morgan fingerprint density at radius 1 is 1.19 bits per heavy atom. The van der Waals surface area contributed by atoms with Gasteiger partial charge in [0.05, 0.1) is 15.9 Å². The van der Waals surface area contributed by atoms with E-state index in [2.05, 4.69) is 10.0 Å². The summed E-state index contributed by atoms with van der Waals surface area (Å²) in [5.74, 6) is 0. The van der Waals surface area contributed by atoms with E-state index >= 15 is 0 Å². The number of alkyl carbamates (subject to hydrolysis) is 1. The first-order valence-electron chi connectivity index (χ1n) is 7.91. The summed E-state index contributed by atoms with van der Waals surface area (Å²) >= 11 is 0. The molecule has 10 heteroatoms. The van der Waals surface area contributed by atoms with Crippen LogP contribution in [0.5, 0.6) is 0 Å². The van der Waals surface area contributed by atoms with Gasteiger partial charge >= 0.3 is 6.09 Å². The fourth-order valence-corrected chi connectivity index (χ4v) is 3.57. The summed E-state index contributed by atoms with van der Waals surface area (Å²) in [6.07, 6.45) is 3.09. The number of sulfonamides is 1. The van der Waals surface area contributed by atoms with Crippen molar-refractivity contribution in [2.75, 3.05) is 0 Å². The Hall–Kier alpha value is -2.46. The quantitative estimate of drug-likeness (QED) is 0.455. The topological polar surface area (TPSA) is 128 Å². The Kier molecular flexibility index (Phi) is 5.67. The number of rotatable bonds is 5. The highest BCUT2D eigenvalue weighted by Gasteiger charge is 2.27. The maximum Gasteiger partial charge on any atom is 0.408 e. The molecule has 1 aromatic carbocycles. The first-order chi connectivity index (χ1) is 12.0. The fourth-order valence-electron chi connectivity index (χ4n) is 2.37. The smallest absolute Gasteiger partial charge is 0.408 e. The molecule has 1 amide bonds. The lowest BCUT2D eigenvalue weighted by Gasteiger charge is -2.21. The molecule has 9 nitrogen and oxygen atoms in total. The molecule has 2 rings (SSSR count). The van der Waals surface area contributed by atoms with Crippen LogP contribution in [-0.2, 0) is 14.8 Å². The highest BCUT2D eigenvalue weighted by atomic mass is 32.2. The molecule has 0 saturated heterocycles. The molecule has 1 aliphatic carbocycles. The number of hydrogen-bond donors (Lipinski definition) is 2. The molecule has 142 valence electrons. The molecule has 0 bridgehead atoms. The van der Waals surface area contributed by atoms with Crippen molar-refractivity contribution < 1.29 is 22.9 Å². The van der Waals surface area contributed by atoms with Gasteiger partial charge in [-0.2, -0.15) is 0 Å². The average molecular weight is 383 g/mol. The number of nitro benzene ring substituents is 1. The molecule has 1 aliphatic rings. The Balaban J connectivity index is 1.94. The summed E-state index contributed by atoms with van der Waals surface area (Å²) in [7, 11) is -3.83. The van der Waals surface area contributed by atoms with Crippen LogP contribution in [0.3, 0.4) is 0 Å². The number of nitrogens with zero attached hydrogens (tertiary/aromatic N) is 1. The molecule has 26 heavy (non-hydrogen) atoms. The third-order valence-corrected chi connectivity index (χ3v) is 4.96. The van der Waals surface area contributed by atoms with Crippen molar-refractivity contribution in [1.29, 1.82) is 0 Å². The molecule has 0 radical (unpaired) electrons. The zero-order valence-corrected chi connectivity index (χ0v) is 15.4. The number of benzene rings is 1. The predicted octanol–water partition coefficient (Wildman–Crippen LogP) is 2.09. The van der Waals surface area contributed by atoms with Crippen LogP contribution in [0.15, 0.2) is 41.3 Å². The largest absolute Gasteiger partial charge is 0.444 e. The zero-order valence-electron chi connectivity index (χ0n) is 14.6. The van der Waals surface area contributed by atoms with Crippen molar-refractivity contribution in [3.8, 4) is 0 Å². The van der Waals surface area contributed by atoms with E-state index in [1.165, 1.54) is 12.1 Å². The third kappa shape index (κ3) is 5.53. The first kappa shape index (κ1) is 19.9. The summed E-state index contributed by atoms with van der Waals surface area (Å²) in [4.78, 5) is 21.7. The molecule has 1 aromatic rings. The summed E-state index contributed by atoms with van der Waals surface area (Å²) in [5.41, 5.74) is -0.810. The lowest BCUT2D eigenvalue weighted by atomic mass is 10.2. The second kappa shape index (κ2) is 7.42. The summed E-state index contributed by atoms with van der Waals surface area (Å²) in [6.45, 7) is 5.24. The van der Waals surface area contributed by atoms with Gasteiger partial charge in [-0.05, 0) is 39.3 Å². The van der Waals surface area contributed by atoms with Crippen LogP contribution in [0, 0.1) is 10.1 Å². The highest BCUT2D eigenvalue weighted by molar-refractivity contribution is 7.89. The Morgan fingerprint density at radius 3 is 2.31 bits per heavy atom. The van der Waals surface area contributed by atoms with Crippen molar-refractivity contribution in [3.05, 3.63) is 46.5 Å². The predicted molar refractivity (Wildman–Crippen MR) is 94.1 cm³/mol. The van der Waals surface area contributed by atoms with Crippen LogP contribution in [0.4, 0.5) is 10.5 Å². The number of carbonyl (C=O) groups excluding carboxylic acids is 1. The van der Waals surface area contributed by atoms with Crippen LogP contribution >= 0.6 is 0 Å². The van der Waals surface area contributed by atoms with Crippen molar-refractivity contribution in [1.82, 2.24) is 10.0 Å².